The van der Waals surface area contributed by atoms with E-state index in [-0.39, 0.29) is 26.4 Å². The maximum absolute atomic E-state index is 10.2. The van der Waals surface area contributed by atoms with Gasteiger partial charge in [0.2, 0.25) is 0 Å². The highest BCUT2D eigenvalue weighted by Gasteiger charge is 2.47. The summed E-state index contributed by atoms with van der Waals surface area (Å²) >= 11 is 0. The van der Waals surface area contributed by atoms with Crippen LogP contribution in [0.15, 0.2) is 218 Å². The van der Waals surface area contributed by atoms with Crippen molar-refractivity contribution in [2.75, 3.05) is 26.4 Å². The second-order valence-electron chi connectivity index (χ2n) is 16.6. The van der Waals surface area contributed by atoms with Crippen LogP contribution in [0.1, 0.15) is 44.5 Å². The molecule has 0 saturated heterocycles. The first-order chi connectivity index (χ1) is 31.7. The van der Waals surface area contributed by atoms with Gasteiger partial charge in [-0.3, -0.25) is 0 Å². The summed E-state index contributed by atoms with van der Waals surface area (Å²) in [5.74, 6) is 1.25. The molecule has 2 aliphatic carbocycles. The molecule has 64 heavy (non-hydrogen) atoms. The van der Waals surface area contributed by atoms with Gasteiger partial charge in [0, 0.05) is 11.1 Å². The predicted octanol–water partition coefficient (Wildman–Crippen LogP) is 12.5. The van der Waals surface area contributed by atoms with Crippen molar-refractivity contribution < 1.29 is 19.7 Å². The average Bonchev–Trinajstić information content (AvgIpc) is 3.84. The highest BCUT2D eigenvalue weighted by atomic mass is 16.5. The number of ether oxygens (including phenoxy) is 2. The molecule has 0 aromatic heterocycles. The van der Waals surface area contributed by atoms with E-state index in [2.05, 4.69) is 218 Å². The van der Waals surface area contributed by atoms with Crippen LogP contribution >= 0.6 is 0 Å². The van der Waals surface area contributed by atoms with E-state index < -0.39 is 10.8 Å². The molecule has 0 radical (unpaired) electrons. The van der Waals surface area contributed by atoms with Gasteiger partial charge in [0.15, 0.2) is 0 Å². The molecule has 0 aliphatic heterocycles. The Kier molecular flexibility index (Phi) is 10.0. The van der Waals surface area contributed by atoms with E-state index >= 15 is 0 Å². The van der Waals surface area contributed by atoms with E-state index in [1.807, 2.05) is 0 Å². The van der Waals surface area contributed by atoms with Gasteiger partial charge in [-0.1, -0.05) is 194 Å². The standard InChI is InChI=1S/C60H46O4/c61-33-35-63-57-40-52(42-30-32-50-48-26-14-16-28-54(48)60(56(50)38-42,45-21-9-3-10-22-45)46-23-11-4-12-24-46)58(64-36-34-62)39-51(57)41-29-31-49-47-25-13-15-27-53(47)59(55(49)37-41,43-17-5-1-6-18-43)44-19-7-2-8-20-44/h1-32,37-40,61-62H,33-36H2. The van der Waals surface area contributed by atoms with Crippen LogP contribution in [0.3, 0.4) is 0 Å². The van der Waals surface area contributed by atoms with E-state index in [1.54, 1.807) is 0 Å². The van der Waals surface area contributed by atoms with Gasteiger partial charge in [0.05, 0.1) is 24.0 Å². The Labute approximate surface area is 374 Å². The first kappa shape index (κ1) is 39.4. The third kappa shape index (κ3) is 6.06. The largest absolute Gasteiger partial charge is 0.491 e. The van der Waals surface area contributed by atoms with Gasteiger partial charge in [-0.05, 0) is 102 Å². The fourth-order valence-corrected chi connectivity index (χ4v) is 10.8. The Balaban J connectivity index is 1.13. The summed E-state index contributed by atoms with van der Waals surface area (Å²) in [6.45, 7) is -0.0591. The molecule has 0 atom stereocenters. The lowest BCUT2D eigenvalue weighted by Crippen LogP contribution is -2.28. The van der Waals surface area contributed by atoms with Gasteiger partial charge < -0.3 is 19.7 Å². The van der Waals surface area contributed by atoms with E-state index in [4.69, 9.17) is 9.47 Å². The molecule has 0 fully saturated rings. The van der Waals surface area contributed by atoms with Crippen LogP contribution in [-0.4, -0.2) is 36.6 Å². The van der Waals surface area contributed by atoms with Gasteiger partial charge in [-0.25, -0.2) is 0 Å². The van der Waals surface area contributed by atoms with Gasteiger partial charge in [0.25, 0.3) is 0 Å². The molecule has 2 aliphatic rings. The fraction of sp³-hybridized carbons (Fsp3) is 0.100. The van der Waals surface area contributed by atoms with E-state index in [0.29, 0.717) is 11.5 Å². The summed E-state index contributed by atoms with van der Waals surface area (Å²) in [4.78, 5) is 0. The summed E-state index contributed by atoms with van der Waals surface area (Å²) in [7, 11) is 0. The number of rotatable bonds is 12. The van der Waals surface area contributed by atoms with Crippen LogP contribution in [-0.2, 0) is 10.8 Å². The molecular weight excluding hydrogens is 785 g/mol. The number of aliphatic hydroxyl groups excluding tert-OH is 2. The SMILES string of the molecule is OCCOc1cc(-c2ccc3c(c2)C(c2ccccc2)(c2ccccc2)c2ccccc2-3)c(OCCO)cc1-c1ccc2c(c1)C(c1ccccc1)(c1ccccc1)c1ccccc1-2. The first-order valence-electron chi connectivity index (χ1n) is 22.0. The monoisotopic (exact) mass is 830 g/mol. The Morgan fingerprint density at radius 2 is 0.609 bits per heavy atom. The molecule has 9 aromatic carbocycles. The molecule has 0 spiro atoms. The minimum absolute atomic E-state index is 0.113. The Hall–Kier alpha value is -7.50. The van der Waals surface area contributed by atoms with Crippen LogP contribution < -0.4 is 9.47 Å². The quantitative estimate of drug-likeness (QED) is 0.129. The van der Waals surface area contributed by atoms with Crippen molar-refractivity contribution in [3.05, 3.63) is 263 Å². The van der Waals surface area contributed by atoms with Gasteiger partial charge in [-0.15, -0.1) is 0 Å². The second-order valence-corrected chi connectivity index (χ2v) is 16.6. The molecule has 0 unspecified atom stereocenters. The van der Waals surface area contributed by atoms with Crippen LogP contribution in [0.2, 0.25) is 0 Å². The molecule has 9 aromatic rings. The summed E-state index contributed by atoms with van der Waals surface area (Å²) in [5, 5.41) is 20.4. The molecule has 11 rings (SSSR count). The third-order valence-corrected chi connectivity index (χ3v) is 13.3. The zero-order valence-corrected chi connectivity index (χ0v) is 35.3. The Morgan fingerprint density at radius 1 is 0.297 bits per heavy atom. The molecular formula is C60H46O4. The first-order valence-corrected chi connectivity index (χ1v) is 22.0. The minimum atomic E-state index is -0.585. The van der Waals surface area contributed by atoms with Crippen molar-refractivity contribution in [2.45, 2.75) is 10.8 Å². The van der Waals surface area contributed by atoms with E-state index in [0.717, 1.165) is 22.3 Å². The summed E-state index contributed by atoms with van der Waals surface area (Å²) in [5.41, 5.74) is 16.7. The number of hydrogen-bond acceptors (Lipinski definition) is 4. The number of fused-ring (bicyclic) bond motifs is 6. The summed E-state index contributed by atoms with van der Waals surface area (Å²) < 4.78 is 13.1. The Morgan fingerprint density at radius 3 is 0.953 bits per heavy atom. The van der Waals surface area contributed by atoms with Crippen molar-refractivity contribution in [1.82, 2.24) is 0 Å². The lowest BCUT2D eigenvalue weighted by molar-refractivity contribution is 0.199. The predicted molar refractivity (Wildman–Crippen MR) is 257 cm³/mol. The molecule has 4 heteroatoms. The fourth-order valence-electron chi connectivity index (χ4n) is 10.8. The second kappa shape index (κ2) is 16.3. The van der Waals surface area contributed by atoms with E-state index in [9.17, 15) is 10.2 Å². The zero-order chi connectivity index (χ0) is 43.1. The lowest BCUT2D eigenvalue weighted by Gasteiger charge is -2.34. The van der Waals surface area contributed by atoms with Gasteiger partial charge >= 0.3 is 0 Å². The van der Waals surface area contributed by atoms with Crippen LogP contribution in [0.25, 0.3) is 44.5 Å². The molecule has 4 nitrogen and oxygen atoms in total. The number of aliphatic hydroxyl groups is 2. The molecule has 0 bridgehead atoms. The van der Waals surface area contributed by atoms with Crippen LogP contribution in [0.4, 0.5) is 0 Å². The normalized spacial score (nSPS) is 13.7. The summed E-state index contributed by atoms with van der Waals surface area (Å²) in [6, 6.07) is 78.2. The van der Waals surface area contributed by atoms with E-state index in [1.165, 1.54) is 66.8 Å². The highest BCUT2D eigenvalue weighted by Crippen LogP contribution is 2.59. The lowest BCUT2D eigenvalue weighted by atomic mass is 9.67. The van der Waals surface area contributed by atoms with Crippen molar-refractivity contribution in [2.24, 2.45) is 0 Å². The van der Waals surface area contributed by atoms with Gasteiger partial charge in [0.1, 0.15) is 24.7 Å². The average molecular weight is 831 g/mol. The van der Waals surface area contributed by atoms with Crippen molar-refractivity contribution in [1.29, 1.82) is 0 Å². The molecule has 0 heterocycles. The molecule has 0 saturated carbocycles. The molecule has 310 valence electrons. The zero-order valence-electron chi connectivity index (χ0n) is 35.3. The van der Waals surface area contributed by atoms with Crippen molar-refractivity contribution in [3.63, 3.8) is 0 Å². The van der Waals surface area contributed by atoms with Crippen molar-refractivity contribution in [3.8, 4) is 56.0 Å². The van der Waals surface area contributed by atoms with Gasteiger partial charge in [-0.2, -0.15) is 0 Å². The number of hydrogen-bond donors (Lipinski definition) is 2. The third-order valence-electron chi connectivity index (χ3n) is 13.3. The smallest absolute Gasteiger partial charge is 0.128 e. The molecule has 2 N–H and O–H groups in total. The maximum Gasteiger partial charge on any atom is 0.128 e. The topological polar surface area (TPSA) is 58.9 Å². The number of benzene rings is 9. The minimum Gasteiger partial charge on any atom is -0.491 e. The maximum atomic E-state index is 10.2. The Bertz CT molecular complexity index is 2830. The highest BCUT2D eigenvalue weighted by molar-refractivity contribution is 5.92. The van der Waals surface area contributed by atoms with Crippen LogP contribution in [0, 0.1) is 0 Å². The summed E-state index contributed by atoms with van der Waals surface area (Å²) in [6.07, 6.45) is 0. The van der Waals surface area contributed by atoms with Crippen molar-refractivity contribution >= 4 is 0 Å². The molecule has 0 amide bonds. The van der Waals surface area contributed by atoms with Crippen LogP contribution in [0.5, 0.6) is 11.5 Å².